The number of para-hydroxylation sites is 1. The molecule has 1 unspecified atom stereocenters. The normalized spacial score (nSPS) is 17.0. The van der Waals surface area contributed by atoms with Crippen molar-refractivity contribution in [3.63, 3.8) is 0 Å². The van der Waals surface area contributed by atoms with Crippen LogP contribution in [0.3, 0.4) is 0 Å². The van der Waals surface area contributed by atoms with Crippen LogP contribution in [0.25, 0.3) is 0 Å². The van der Waals surface area contributed by atoms with Crippen LogP contribution in [-0.4, -0.2) is 30.2 Å². The van der Waals surface area contributed by atoms with Gasteiger partial charge in [-0.15, -0.1) is 0 Å². The summed E-state index contributed by atoms with van der Waals surface area (Å²) >= 11 is 6.02. The van der Waals surface area contributed by atoms with Gasteiger partial charge in [-0.25, -0.2) is 4.98 Å². The van der Waals surface area contributed by atoms with Crippen LogP contribution in [0.5, 0.6) is 5.88 Å². The molecule has 1 fully saturated rings. The van der Waals surface area contributed by atoms with E-state index in [1.807, 2.05) is 6.07 Å². The molecule has 2 heterocycles. The molecule has 1 saturated heterocycles. The Morgan fingerprint density at radius 3 is 2.91 bits per heavy atom. The molecule has 1 amide bonds. The van der Waals surface area contributed by atoms with Gasteiger partial charge in [0.1, 0.15) is 6.61 Å². The summed E-state index contributed by atoms with van der Waals surface area (Å²) in [5.74, 6) is 0.214. The SMILES string of the molecule is O=C(Nc1ccccc1Cl)c1ccc(OCC2CCCO2)nc1. The van der Waals surface area contributed by atoms with E-state index in [0.29, 0.717) is 28.8 Å². The van der Waals surface area contributed by atoms with Gasteiger partial charge in [0.2, 0.25) is 5.88 Å². The minimum atomic E-state index is -0.267. The molecule has 5 nitrogen and oxygen atoms in total. The van der Waals surface area contributed by atoms with Gasteiger partial charge in [0, 0.05) is 18.9 Å². The zero-order valence-corrected chi connectivity index (χ0v) is 13.3. The van der Waals surface area contributed by atoms with E-state index in [9.17, 15) is 4.79 Å². The van der Waals surface area contributed by atoms with E-state index >= 15 is 0 Å². The van der Waals surface area contributed by atoms with Crippen molar-refractivity contribution in [2.45, 2.75) is 18.9 Å². The van der Waals surface area contributed by atoms with Crippen LogP contribution in [0.15, 0.2) is 42.6 Å². The Kier molecular flexibility index (Phi) is 5.10. The molecule has 2 aromatic rings. The number of carbonyl (C=O) groups excluding carboxylic acids is 1. The quantitative estimate of drug-likeness (QED) is 0.909. The summed E-state index contributed by atoms with van der Waals surface area (Å²) in [4.78, 5) is 16.3. The van der Waals surface area contributed by atoms with Crippen molar-refractivity contribution in [3.8, 4) is 5.88 Å². The second kappa shape index (κ2) is 7.44. The summed E-state index contributed by atoms with van der Waals surface area (Å²) in [7, 11) is 0. The predicted molar refractivity (Wildman–Crippen MR) is 88.1 cm³/mol. The van der Waals surface area contributed by atoms with Gasteiger partial charge in [0.15, 0.2) is 0 Å². The van der Waals surface area contributed by atoms with Gasteiger partial charge in [0.05, 0.1) is 22.4 Å². The Labute approximate surface area is 139 Å². The molecular weight excluding hydrogens is 316 g/mol. The van der Waals surface area contributed by atoms with Gasteiger partial charge in [-0.05, 0) is 31.0 Å². The highest BCUT2D eigenvalue weighted by molar-refractivity contribution is 6.33. The molecule has 0 aliphatic carbocycles. The molecule has 6 heteroatoms. The van der Waals surface area contributed by atoms with Crippen molar-refractivity contribution in [1.29, 1.82) is 0 Å². The molecule has 23 heavy (non-hydrogen) atoms. The lowest BCUT2D eigenvalue weighted by Gasteiger charge is -2.11. The van der Waals surface area contributed by atoms with Crippen molar-refractivity contribution in [2.24, 2.45) is 0 Å². The molecular formula is C17H17ClN2O3. The first-order valence-electron chi connectivity index (χ1n) is 7.49. The number of halogens is 1. The van der Waals surface area contributed by atoms with E-state index < -0.39 is 0 Å². The zero-order chi connectivity index (χ0) is 16.1. The third kappa shape index (κ3) is 4.21. The first-order chi connectivity index (χ1) is 11.2. The minimum Gasteiger partial charge on any atom is -0.475 e. The fraction of sp³-hybridized carbons (Fsp3) is 0.294. The molecule has 1 atom stereocenters. The monoisotopic (exact) mass is 332 g/mol. The molecule has 3 rings (SSSR count). The standard InChI is InChI=1S/C17H17ClN2O3/c18-14-5-1-2-6-15(14)20-17(21)12-7-8-16(19-10-12)23-11-13-4-3-9-22-13/h1-2,5-8,10,13H,3-4,9,11H2,(H,20,21). The van der Waals surface area contributed by atoms with Crippen molar-refractivity contribution < 1.29 is 14.3 Å². The molecule has 1 N–H and O–H groups in total. The van der Waals surface area contributed by atoms with Crippen LogP contribution >= 0.6 is 11.6 Å². The van der Waals surface area contributed by atoms with E-state index in [0.717, 1.165) is 19.4 Å². The Morgan fingerprint density at radius 1 is 1.35 bits per heavy atom. The summed E-state index contributed by atoms with van der Waals surface area (Å²) in [6, 6.07) is 10.4. The average molecular weight is 333 g/mol. The summed E-state index contributed by atoms with van der Waals surface area (Å²) in [6.07, 6.45) is 3.71. The molecule has 1 aromatic carbocycles. The van der Waals surface area contributed by atoms with Gasteiger partial charge >= 0.3 is 0 Å². The lowest BCUT2D eigenvalue weighted by molar-refractivity contribution is 0.0663. The Balaban J connectivity index is 1.57. The van der Waals surface area contributed by atoms with Crippen LogP contribution in [0.1, 0.15) is 23.2 Å². The fourth-order valence-corrected chi connectivity index (χ4v) is 2.49. The number of benzene rings is 1. The smallest absolute Gasteiger partial charge is 0.257 e. The lowest BCUT2D eigenvalue weighted by Crippen LogP contribution is -2.17. The van der Waals surface area contributed by atoms with Crippen LogP contribution in [0.2, 0.25) is 5.02 Å². The van der Waals surface area contributed by atoms with E-state index in [1.165, 1.54) is 6.20 Å². The molecule has 1 aliphatic rings. The number of hydrogen-bond acceptors (Lipinski definition) is 4. The van der Waals surface area contributed by atoms with Gasteiger partial charge in [-0.2, -0.15) is 0 Å². The number of pyridine rings is 1. The summed E-state index contributed by atoms with van der Waals surface area (Å²) in [5.41, 5.74) is 1.01. The van der Waals surface area contributed by atoms with Crippen LogP contribution < -0.4 is 10.1 Å². The van der Waals surface area contributed by atoms with Gasteiger partial charge in [-0.3, -0.25) is 4.79 Å². The largest absolute Gasteiger partial charge is 0.475 e. The maximum atomic E-state index is 12.2. The Hall–Kier alpha value is -2.11. The number of anilines is 1. The van der Waals surface area contributed by atoms with E-state index in [2.05, 4.69) is 10.3 Å². The third-order valence-corrected chi connectivity index (χ3v) is 3.89. The minimum absolute atomic E-state index is 0.139. The van der Waals surface area contributed by atoms with Crippen LogP contribution in [0, 0.1) is 0 Å². The first-order valence-corrected chi connectivity index (χ1v) is 7.86. The molecule has 1 aliphatic heterocycles. The van der Waals surface area contributed by atoms with Crippen molar-refractivity contribution >= 4 is 23.2 Å². The predicted octanol–water partition coefficient (Wildman–Crippen LogP) is 3.55. The summed E-state index contributed by atoms with van der Waals surface area (Å²) in [5, 5.41) is 3.24. The maximum Gasteiger partial charge on any atom is 0.257 e. The molecule has 0 saturated carbocycles. The topological polar surface area (TPSA) is 60.5 Å². The number of hydrogen-bond donors (Lipinski definition) is 1. The number of amides is 1. The van der Waals surface area contributed by atoms with Crippen molar-refractivity contribution in [1.82, 2.24) is 4.98 Å². The Morgan fingerprint density at radius 2 is 2.22 bits per heavy atom. The molecule has 0 spiro atoms. The number of aromatic nitrogens is 1. The highest BCUT2D eigenvalue weighted by Crippen LogP contribution is 2.21. The number of nitrogens with one attached hydrogen (secondary N) is 1. The highest BCUT2D eigenvalue weighted by Gasteiger charge is 2.16. The molecule has 120 valence electrons. The van der Waals surface area contributed by atoms with Gasteiger partial charge in [-0.1, -0.05) is 23.7 Å². The summed E-state index contributed by atoms with van der Waals surface area (Å²) in [6.45, 7) is 1.28. The first kappa shape index (κ1) is 15.8. The molecule has 0 radical (unpaired) electrons. The second-order valence-corrected chi connectivity index (χ2v) is 5.67. The van der Waals surface area contributed by atoms with Gasteiger partial charge in [0.25, 0.3) is 5.91 Å². The van der Waals surface area contributed by atoms with E-state index in [1.54, 1.807) is 30.3 Å². The van der Waals surface area contributed by atoms with Crippen LogP contribution in [-0.2, 0) is 4.74 Å². The Bertz CT molecular complexity index is 670. The third-order valence-electron chi connectivity index (χ3n) is 3.56. The van der Waals surface area contributed by atoms with Crippen molar-refractivity contribution in [2.75, 3.05) is 18.5 Å². The highest BCUT2D eigenvalue weighted by atomic mass is 35.5. The number of rotatable bonds is 5. The summed E-state index contributed by atoms with van der Waals surface area (Å²) < 4.78 is 11.1. The lowest BCUT2D eigenvalue weighted by atomic mass is 10.2. The maximum absolute atomic E-state index is 12.2. The van der Waals surface area contributed by atoms with E-state index in [4.69, 9.17) is 21.1 Å². The van der Waals surface area contributed by atoms with Gasteiger partial charge < -0.3 is 14.8 Å². The molecule has 1 aromatic heterocycles. The fourth-order valence-electron chi connectivity index (χ4n) is 2.31. The van der Waals surface area contributed by atoms with Crippen LogP contribution in [0.4, 0.5) is 5.69 Å². The number of ether oxygens (including phenoxy) is 2. The van der Waals surface area contributed by atoms with Crippen molar-refractivity contribution in [3.05, 3.63) is 53.2 Å². The molecule has 0 bridgehead atoms. The van der Waals surface area contributed by atoms with E-state index in [-0.39, 0.29) is 12.0 Å². The zero-order valence-electron chi connectivity index (χ0n) is 12.5. The number of nitrogens with zero attached hydrogens (tertiary/aromatic N) is 1. The average Bonchev–Trinajstić information content (AvgIpc) is 3.09. The second-order valence-electron chi connectivity index (χ2n) is 5.27. The number of carbonyl (C=O) groups is 1.